The molecule has 0 aromatic carbocycles. The van der Waals surface area contributed by atoms with Crippen molar-refractivity contribution in [2.24, 2.45) is 0 Å². The van der Waals surface area contributed by atoms with E-state index < -0.39 is 14.8 Å². The summed E-state index contributed by atoms with van der Waals surface area (Å²) in [6.07, 6.45) is 0. The summed E-state index contributed by atoms with van der Waals surface area (Å²) in [7, 11) is 0. The van der Waals surface area contributed by atoms with E-state index in [9.17, 15) is 0 Å². The van der Waals surface area contributed by atoms with Gasteiger partial charge in [-0.15, -0.1) is 0 Å². The molecule has 0 saturated heterocycles. The fraction of sp³-hybridized carbons (Fsp3) is 0. The van der Waals surface area contributed by atoms with Gasteiger partial charge in [0.15, 0.2) is 0 Å². The van der Waals surface area contributed by atoms with Crippen LogP contribution in [0.15, 0.2) is 0 Å². The van der Waals surface area contributed by atoms with Gasteiger partial charge in [0.05, 0.1) is 0 Å². The van der Waals surface area contributed by atoms with E-state index in [1.807, 2.05) is 0 Å². The van der Waals surface area contributed by atoms with Crippen molar-refractivity contribution in [2.75, 3.05) is 0 Å². The van der Waals surface area contributed by atoms with Crippen LogP contribution in [-0.4, -0.2) is 26.2 Å². The molecule has 0 unspecified atom stereocenters. The zero-order chi connectivity index (χ0) is 2.71. The molecule has 2 nitrogen and oxygen atoms in total. The molecule has 27 valence electrons. The molecule has 0 aromatic rings. The Labute approximate surface area is 48.6 Å². The van der Waals surface area contributed by atoms with E-state index in [4.69, 9.17) is 7.67 Å². The van der Waals surface area contributed by atoms with Gasteiger partial charge in [-0.25, -0.2) is 0 Å². The molecule has 0 N–H and O–H groups in total. The topological polar surface area (TPSA) is 34.1 Å². The van der Waals surface area contributed by atoms with Crippen LogP contribution in [-0.2, 0) is 22.5 Å². The Bertz CT molecular complexity index is 27.0. The van der Waals surface area contributed by atoms with Gasteiger partial charge in [0, 0.05) is 0 Å². The molecule has 0 radical (unpaired) electrons. The van der Waals surface area contributed by atoms with Crippen molar-refractivity contribution in [3.05, 3.63) is 0 Å². The van der Waals surface area contributed by atoms with Gasteiger partial charge in [-0.1, -0.05) is 0 Å². The van der Waals surface area contributed by atoms with Crippen LogP contribution in [0.3, 0.4) is 0 Å². The van der Waals surface area contributed by atoms with Crippen LogP contribution in [0.4, 0.5) is 0 Å². The van der Waals surface area contributed by atoms with Crippen LogP contribution in [0.5, 0.6) is 0 Å². The van der Waals surface area contributed by atoms with Crippen molar-refractivity contribution in [2.45, 2.75) is 0 Å². The molecule has 0 bridgehead atoms. The molecule has 0 aliphatic carbocycles. The quantitative estimate of drug-likeness (QED) is 0.514. The van der Waals surface area contributed by atoms with Crippen molar-refractivity contribution >= 4 is 26.2 Å². The maximum absolute atomic E-state index is 8.41. The predicted molar refractivity (Wildman–Crippen MR) is 11.3 cm³/mol. The van der Waals surface area contributed by atoms with Gasteiger partial charge in [0.25, 0.3) is 0 Å². The molecule has 0 amide bonds. The molecule has 0 aliphatic heterocycles. The normalized spacial score (nSPS) is 3.00. The van der Waals surface area contributed by atoms with E-state index in [1.165, 1.54) is 0 Å². The Morgan fingerprint density at radius 2 is 1.25 bits per heavy atom. The third kappa shape index (κ3) is 12.0. The molecule has 4 heavy (non-hydrogen) atoms. The van der Waals surface area contributed by atoms with Gasteiger partial charge in [-0.05, 0) is 0 Å². The van der Waals surface area contributed by atoms with Crippen LogP contribution in [0, 0.1) is 0 Å². The second-order valence-corrected chi connectivity index (χ2v) is 0.260. The van der Waals surface area contributed by atoms with Crippen molar-refractivity contribution in [1.82, 2.24) is 0 Å². The first-order chi connectivity index (χ1) is 1.41. The molecular formula is H3BiMnO2. The van der Waals surface area contributed by atoms with E-state index in [-0.39, 0.29) is 26.2 Å². The Hall–Kier alpha value is 1.00. The summed E-state index contributed by atoms with van der Waals surface area (Å²) in [5, 5.41) is 0. The van der Waals surface area contributed by atoms with Gasteiger partial charge in [-0.2, -0.15) is 0 Å². The number of rotatable bonds is 0. The zero-order valence-electron chi connectivity index (χ0n) is 1.90. The van der Waals surface area contributed by atoms with E-state index in [0.717, 1.165) is 0 Å². The molecule has 0 saturated carbocycles. The average Bonchev–Trinajstić information content (AvgIpc) is 0.918. The molecule has 0 heterocycles. The van der Waals surface area contributed by atoms with Crippen molar-refractivity contribution in [1.29, 1.82) is 0 Å². The Morgan fingerprint density at radius 1 is 1.25 bits per heavy atom. The first kappa shape index (κ1) is 8.89. The molecule has 0 fully saturated rings. The van der Waals surface area contributed by atoms with E-state index in [0.29, 0.717) is 0 Å². The maximum atomic E-state index is 8.41. The third-order valence-corrected chi connectivity index (χ3v) is 0. The van der Waals surface area contributed by atoms with Crippen LogP contribution in [0.2, 0.25) is 0 Å². The summed E-state index contributed by atoms with van der Waals surface area (Å²) in [6, 6.07) is 0. The Kier molecular flexibility index (Phi) is 20.0. The van der Waals surface area contributed by atoms with Gasteiger partial charge in [0.1, 0.15) is 0 Å². The summed E-state index contributed by atoms with van der Waals surface area (Å²) in [6.45, 7) is 0. The van der Waals surface area contributed by atoms with Crippen LogP contribution in [0.25, 0.3) is 0 Å². The van der Waals surface area contributed by atoms with Gasteiger partial charge in [0.2, 0.25) is 0 Å². The molecule has 4 heteroatoms. The first-order valence-electron chi connectivity index (χ1n) is 0.309. The number of hydrogen-bond donors (Lipinski definition) is 0. The van der Waals surface area contributed by atoms with Gasteiger partial charge in [-0.3, -0.25) is 0 Å². The Morgan fingerprint density at radius 3 is 1.25 bits per heavy atom. The summed E-state index contributed by atoms with van der Waals surface area (Å²) in [5.74, 6) is 0. The molecule has 0 spiro atoms. The first-order valence-corrected chi connectivity index (χ1v) is 1.27. The van der Waals surface area contributed by atoms with Gasteiger partial charge >= 0.3 is 48.7 Å². The van der Waals surface area contributed by atoms with E-state index >= 15 is 0 Å². The Balaban J connectivity index is 0. The predicted octanol–water partition coefficient (Wildman–Crippen LogP) is -1.42. The second-order valence-electron chi connectivity index (χ2n) is 0.0630. The minimum atomic E-state index is -1.44. The summed E-state index contributed by atoms with van der Waals surface area (Å²) >= 11 is -1.44. The summed E-state index contributed by atoms with van der Waals surface area (Å²) < 4.78 is 16.8. The monoisotopic (exact) mass is 299 g/mol. The number of hydrogen-bond acceptors (Lipinski definition) is 2. The SMILES string of the molecule is [BiH3].[O]=[Mn]=[O]. The fourth-order valence-electron chi connectivity index (χ4n) is 0. The van der Waals surface area contributed by atoms with Crippen molar-refractivity contribution < 1.29 is 22.5 Å². The van der Waals surface area contributed by atoms with Crippen molar-refractivity contribution in [3.8, 4) is 0 Å². The summed E-state index contributed by atoms with van der Waals surface area (Å²) in [4.78, 5) is 0. The van der Waals surface area contributed by atoms with Crippen LogP contribution in [0.1, 0.15) is 0 Å². The van der Waals surface area contributed by atoms with Crippen LogP contribution < -0.4 is 0 Å². The third-order valence-electron chi connectivity index (χ3n) is 0. The standard InChI is InChI=1S/Bi.Mn.2O.3H. The zero-order valence-corrected chi connectivity index (χ0v) is 8.58. The summed E-state index contributed by atoms with van der Waals surface area (Å²) in [5.41, 5.74) is 0. The van der Waals surface area contributed by atoms with Crippen molar-refractivity contribution in [3.63, 3.8) is 0 Å². The molecule has 0 rings (SSSR count). The van der Waals surface area contributed by atoms with E-state index in [1.54, 1.807) is 0 Å². The minimum absolute atomic E-state index is 0. The second kappa shape index (κ2) is 9.00. The van der Waals surface area contributed by atoms with Crippen LogP contribution >= 0.6 is 0 Å². The average molecular weight is 299 g/mol. The van der Waals surface area contributed by atoms with E-state index in [2.05, 4.69) is 0 Å². The van der Waals surface area contributed by atoms with Gasteiger partial charge < -0.3 is 0 Å². The molecule has 0 aromatic heterocycles. The molecule has 0 aliphatic rings. The fourth-order valence-corrected chi connectivity index (χ4v) is 0. The molecular weight excluding hydrogens is 296 g/mol. The molecule has 0 atom stereocenters.